The lowest BCUT2D eigenvalue weighted by molar-refractivity contribution is -0.121. The summed E-state index contributed by atoms with van der Waals surface area (Å²) < 4.78 is 10.4. The largest absolute Gasteiger partial charge is 0.493 e. The molecule has 0 aliphatic heterocycles. The van der Waals surface area contributed by atoms with Crippen LogP contribution in [-0.4, -0.2) is 37.1 Å². The molecular weight excluding hydrogens is 264 g/mol. The first-order valence-corrected chi connectivity index (χ1v) is 6.06. The molecule has 20 heavy (non-hydrogen) atoms. The molecule has 4 N–H and O–H groups in total. The van der Waals surface area contributed by atoms with Crippen LogP contribution in [0.4, 0.5) is 0 Å². The molecule has 110 valence electrons. The number of nitrogens with two attached hydrogens (primary N) is 1. The molecule has 0 radical (unpaired) electrons. The standard InChI is InChI=1S/C13H18N2O5/c1-19-11-4-2-9(8-12(11)20-7-6-16)10(17)3-5-13(18)15-14/h2,4,8,16H,3,5-7,14H2,1H3,(H,15,18). The van der Waals surface area contributed by atoms with Crippen molar-refractivity contribution in [1.82, 2.24) is 5.43 Å². The Morgan fingerprint density at radius 2 is 2.05 bits per heavy atom. The molecule has 0 spiro atoms. The van der Waals surface area contributed by atoms with Gasteiger partial charge < -0.3 is 14.6 Å². The second-order valence-corrected chi connectivity index (χ2v) is 3.93. The Labute approximate surface area is 116 Å². The Hall–Kier alpha value is -2.12. The van der Waals surface area contributed by atoms with Crippen LogP contribution in [0, 0.1) is 0 Å². The Balaban J connectivity index is 2.79. The molecule has 0 heterocycles. The summed E-state index contributed by atoms with van der Waals surface area (Å²) in [5, 5.41) is 8.75. The molecule has 0 saturated heterocycles. The van der Waals surface area contributed by atoms with Gasteiger partial charge in [-0.05, 0) is 18.2 Å². The van der Waals surface area contributed by atoms with Crippen molar-refractivity contribution in [1.29, 1.82) is 0 Å². The van der Waals surface area contributed by atoms with Gasteiger partial charge in [-0.15, -0.1) is 0 Å². The number of rotatable bonds is 8. The highest BCUT2D eigenvalue weighted by molar-refractivity contribution is 5.98. The molecule has 0 bridgehead atoms. The van der Waals surface area contributed by atoms with E-state index in [4.69, 9.17) is 20.4 Å². The van der Waals surface area contributed by atoms with Gasteiger partial charge in [-0.3, -0.25) is 15.0 Å². The van der Waals surface area contributed by atoms with Gasteiger partial charge in [0.25, 0.3) is 0 Å². The van der Waals surface area contributed by atoms with E-state index in [1.807, 2.05) is 5.43 Å². The number of benzene rings is 1. The van der Waals surface area contributed by atoms with E-state index in [0.29, 0.717) is 17.1 Å². The van der Waals surface area contributed by atoms with Gasteiger partial charge in [-0.25, -0.2) is 5.84 Å². The monoisotopic (exact) mass is 282 g/mol. The zero-order valence-electron chi connectivity index (χ0n) is 11.2. The van der Waals surface area contributed by atoms with Gasteiger partial charge in [0.15, 0.2) is 17.3 Å². The lowest BCUT2D eigenvalue weighted by atomic mass is 10.1. The van der Waals surface area contributed by atoms with Crippen LogP contribution < -0.4 is 20.7 Å². The Morgan fingerprint density at radius 3 is 2.65 bits per heavy atom. The summed E-state index contributed by atoms with van der Waals surface area (Å²) in [7, 11) is 1.48. The molecule has 1 aromatic rings. The number of hydrogen-bond donors (Lipinski definition) is 3. The minimum absolute atomic E-state index is 0.0220. The second kappa shape index (κ2) is 8.13. The maximum Gasteiger partial charge on any atom is 0.234 e. The van der Waals surface area contributed by atoms with Gasteiger partial charge in [0.1, 0.15) is 6.61 Å². The number of carbonyl (C=O) groups excluding carboxylic acids is 2. The Morgan fingerprint density at radius 1 is 1.30 bits per heavy atom. The molecule has 0 unspecified atom stereocenters. The zero-order valence-corrected chi connectivity index (χ0v) is 11.2. The van der Waals surface area contributed by atoms with Gasteiger partial charge in [0.2, 0.25) is 5.91 Å². The molecule has 1 aromatic carbocycles. The van der Waals surface area contributed by atoms with Gasteiger partial charge in [0, 0.05) is 18.4 Å². The summed E-state index contributed by atoms with van der Waals surface area (Å²) >= 11 is 0. The quantitative estimate of drug-likeness (QED) is 0.268. The number of methoxy groups -OCH3 is 1. The molecular formula is C13H18N2O5. The molecule has 7 heteroatoms. The molecule has 0 atom stereocenters. The number of aliphatic hydroxyl groups is 1. The molecule has 7 nitrogen and oxygen atoms in total. The van der Waals surface area contributed by atoms with Crippen molar-refractivity contribution in [2.24, 2.45) is 5.84 Å². The van der Waals surface area contributed by atoms with Crippen molar-refractivity contribution in [3.8, 4) is 11.5 Å². The van der Waals surface area contributed by atoms with Crippen LogP contribution in [0.1, 0.15) is 23.2 Å². The van der Waals surface area contributed by atoms with Crippen molar-refractivity contribution in [2.45, 2.75) is 12.8 Å². The second-order valence-electron chi connectivity index (χ2n) is 3.93. The van der Waals surface area contributed by atoms with Crippen molar-refractivity contribution >= 4 is 11.7 Å². The van der Waals surface area contributed by atoms with E-state index in [1.54, 1.807) is 12.1 Å². The third-order valence-electron chi connectivity index (χ3n) is 2.57. The van der Waals surface area contributed by atoms with Crippen LogP contribution in [0.5, 0.6) is 11.5 Å². The normalized spacial score (nSPS) is 9.95. The number of ketones is 1. The number of aliphatic hydroxyl groups excluding tert-OH is 1. The lowest BCUT2D eigenvalue weighted by Gasteiger charge is -2.11. The molecule has 1 rings (SSSR count). The molecule has 1 amide bonds. The maximum absolute atomic E-state index is 11.9. The topological polar surface area (TPSA) is 111 Å². The molecule has 0 aliphatic carbocycles. The Bertz CT molecular complexity index is 476. The predicted molar refractivity (Wildman–Crippen MR) is 71.5 cm³/mol. The summed E-state index contributed by atoms with van der Waals surface area (Å²) in [5.41, 5.74) is 2.37. The molecule has 0 aliphatic rings. The minimum atomic E-state index is -0.399. The fourth-order valence-corrected chi connectivity index (χ4v) is 1.56. The lowest BCUT2D eigenvalue weighted by Crippen LogP contribution is -2.30. The summed E-state index contributed by atoms with van der Waals surface area (Å²) in [6, 6.07) is 4.72. The van der Waals surface area contributed by atoms with E-state index in [1.165, 1.54) is 13.2 Å². The number of ether oxygens (including phenoxy) is 2. The van der Waals surface area contributed by atoms with E-state index in [0.717, 1.165) is 0 Å². The van der Waals surface area contributed by atoms with Gasteiger partial charge in [0.05, 0.1) is 13.7 Å². The summed E-state index contributed by atoms with van der Waals surface area (Å²) in [6.07, 6.45) is 0.0724. The fraction of sp³-hybridized carbons (Fsp3) is 0.385. The molecule has 0 saturated carbocycles. The number of nitrogens with one attached hydrogen (secondary N) is 1. The number of carbonyl (C=O) groups is 2. The average Bonchev–Trinajstić information content (AvgIpc) is 2.49. The zero-order chi connectivity index (χ0) is 15.0. The van der Waals surface area contributed by atoms with Crippen LogP contribution >= 0.6 is 0 Å². The van der Waals surface area contributed by atoms with Crippen LogP contribution in [0.3, 0.4) is 0 Å². The van der Waals surface area contributed by atoms with Gasteiger partial charge in [-0.2, -0.15) is 0 Å². The number of hydrogen-bond acceptors (Lipinski definition) is 6. The van der Waals surface area contributed by atoms with E-state index in [-0.39, 0.29) is 31.8 Å². The third-order valence-corrected chi connectivity index (χ3v) is 2.57. The molecule has 0 aromatic heterocycles. The van der Waals surface area contributed by atoms with Crippen molar-refractivity contribution < 1.29 is 24.2 Å². The van der Waals surface area contributed by atoms with E-state index in [2.05, 4.69) is 0 Å². The van der Waals surface area contributed by atoms with Gasteiger partial charge >= 0.3 is 0 Å². The van der Waals surface area contributed by atoms with Crippen LogP contribution in [0.2, 0.25) is 0 Å². The Kier molecular flexibility index (Phi) is 6.48. The summed E-state index contributed by atoms with van der Waals surface area (Å²) in [4.78, 5) is 22.9. The van der Waals surface area contributed by atoms with Crippen LogP contribution in [0.15, 0.2) is 18.2 Å². The highest BCUT2D eigenvalue weighted by atomic mass is 16.5. The SMILES string of the molecule is COc1ccc(C(=O)CCC(=O)NN)cc1OCCO. The number of hydrazine groups is 1. The first kappa shape index (κ1) is 15.9. The molecule has 0 fully saturated rings. The first-order chi connectivity index (χ1) is 9.62. The average molecular weight is 282 g/mol. The van der Waals surface area contributed by atoms with E-state index < -0.39 is 5.91 Å². The van der Waals surface area contributed by atoms with Crippen molar-refractivity contribution in [3.05, 3.63) is 23.8 Å². The third kappa shape index (κ3) is 4.52. The van der Waals surface area contributed by atoms with Crippen LogP contribution in [-0.2, 0) is 4.79 Å². The van der Waals surface area contributed by atoms with Crippen LogP contribution in [0.25, 0.3) is 0 Å². The first-order valence-electron chi connectivity index (χ1n) is 6.06. The van der Waals surface area contributed by atoms with Gasteiger partial charge in [-0.1, -0.05) is 0 Å². The van der Waals surface area contributed by atoms with E-state index >= 15 is 0 Å². The summed E-state index contributed by atoms with van der Waals surface area (Å²) in [5.74, 6) is 5.18. The summed E-state index contributed by atoms with van der Waals surface area (Å²) in [6.45, 7) is -0.0401. The minimum Gasteiger partial charge on any atom is -0.493 e. The highest BCUT2D eigenvalue weighted by Gasteiger charge is 2.12. The maximum atomic E-state index is 11.9. The number of amides is 1. The predicted octanol–water partition coefficient (Wildman–Crippen LogP) is 0.0191. The van der Waals surface area contributed by atoms with E-state index in [9.17, 15) is 9.59 Å². The fourth-order valence-electron chi connectivity index (χ4n) is 1.56. The smallest absolute Gasteiger partial charge is 0.234 e. The number of Topliss-reactive ketones (excluding diaryl/α,β-unsaturated/α-hetero) is 1. The van der Waals surface area contributed by atoms with Crippen molar-refractivity contribution in [3.63, 3.8) is 0 Å². The van der Waals surface area contributed by atoms with Crippen molar-refractivity contribution in [2.75, 3.05) is 20.3 Å². The highest BCUT2D eigenvalue weighted by Crippen LogP contribution is 2.28.